The minimum Gasteiger partial charge on any atom is -0.309 e. The first kappa shape index (κ1) is 11.2. The van der Waals surface area contributed by atoms with Crippen molar-refractivity contribution in [2.75, 3.05) is 0 Å². The molecule has 0 radical (unpaired) electrons. The molecule has 0 spiro atoms. The van der Waals surface area contributed by atoms with Gasteiger partial charge < -0.3 is 5.32 Å². The van der Waals surface area contributed by atoms with Crippen molar-refractivity contribution in [3.05, 3.63) is 22.4 Å². The van der Waals surface area contributed by atoms with Gasteiger partial charge in [0.15, 0.2) is 0 Å². The van der Waals surface area contributed by atoms with E-state index >= 15 is 0 Å². The largest absolute Gasteiger partial charge is 0.309 e. The van der Waals surface area contributed by atoms with Gasteiger partial charge >= 0.3 is 0 Å². The van der Waals surface area contributed by atoms with Crippen LogP contribution in [0.3, 0.4) is 0 Å². The lowest BCUT2D eigenvalue weighted by atomic mass is 9.84. The summed E-state index contributed by atoms with van der Waals surface area (Å²) in [6.45, 7) is 3.39. The van der Waals surface area contributed by atoms with E-state index in [4.69, 9.17) is 0 Å². The molecule has 1 heterocycles. The molecule has 1 fully saturated rings. The van der Waals surface area contributed by atoms with Crippen LogP contribution in [-0.2, 0) is 6.54 Å². The Balaban J connectivity index is 1.74. The summed E-state index contributed by atoms with van der Waals surface area (Å²) in [6, 6.07) is 5.13. The van der Waals surface area contributed by atoms with E-state index < -0.39 is 0 Å². The quantitative estimate of drug-likeness (QED) is 0.818. The van der Waals surface area contributed by atoms with Gasteiger partial charge in [0.25, 0.3) is 0 Å². The van der Waals surface area contributed by atoms with E-state index in [9.17, 15) is 0 Å². The summed E-state index contributed by atoms with van der Waals surface area (Å²) >= 11 is 1.86. The summed E-state index contributed by atoms with van der Waals surface area (Å²) < 4.78 is 0. The number of hydrogen-bond donors (Lipinski definition) is 1. The van der Waals surface area contributed by atoms with Crippen molar-refractivity contribution in [3.63, 3.8) is 0 Å². The first-order valence-corrected chi connectivity index (χ1v) is 7.02. The molecule has 0 aromatic carbocycles. The van der Waals surface area contributed by atoms with Crippen LogP contribution in [0.4, 0.5) is 0 Å². The third-order valence-electron chi connectivity index (χ3n) is 3.51. The second-order valence-electron chi connectivity index (χ2n) is 4.60. The van der Waals surface area contributed by atoms with Crippen molar-refractivity contribution in [1.29, 1.82) is 0 Å². The fourth-order valence-electron chi connectivity index (χ4n) is 2.51. The highest BCUT2D eigenvalue weighted by Crippen LogP contribution is 2.26. The lowest BCUT2D eigenvalue weighted by Crippen LogP contribution is -2.33. The van der Waals surface area contributed by atoms with Gasteiger partial charge in [-0.3, -0.25) is 0 Å². The SMILES string of the molecule is CCC1CCCC(NCc2cccs2)C1. The van der Waals surface area contributed by atoms with Crippen molar-refractivity contribution in [1.82, 2.24) is 5.32 Å². The third kappa shape index (κ3) is 3.32. The minimum absolute atomic E-state index is 0.769. The van der Waals surface area contributed by atoms with E-state index in [1.54, 1.807) is 0 Å². The first-order chi connectivity index (χ1) is 7.38. The standard InChI is InChI=1S/C13H21NS/c1-2-11-5-3-6-12(9-11)14-10-13-7-4-8-15-13/h4,7-8,11-12,14H,2-3,5-6,9-10H2,1H3. The zero-order chi connectivity index (χ0) is 10.5. The molecular formula is C13H21NS. The maximum Gasteiger partial charge on any atom is 0.0302 e. The Morgan fingerprint density at radius 1 is 1.47 bits per heavy atom. The van der Waals surface area contributed by atoms with E-state index in [0.717, 1.165) is 18.5 Å². The predicted octanol–water partition coefficient (Wildman–Crippen LogP) is 3.81. The van der Waals surface area contributed by atoms with Gasteiger partial charge in [-0.25, -0.2) is 0 Å². The van der Waals surface area contributed by atoms with E-state index in [2.05, 4.69) is 29.8 Å². The summed E-state index contributed by atoms with van der Waals surface area (Å²) in [4.78, 5) is 1.47. The molecule has 0 saturated heterocycles. The van der Waals surface area contributed by atoms with Crippen molar-refractivity contribution >= 4 is 11.3 Å². The van der Waals surface area contributed by atoms with Crippen molar-refractivity contribution < 1.29 is 0 Å². The predicted molar refractivity (Wildman–Crippen MR) is 67.2 cm³/mol. The van der Waals surface area contributed by atoms with Crippen LogP contribution in [0.25, 0.3) is 0 Å². The lowest BCUT2D eigenvalue weighted by Gasteiger charge is -2.29. The molecular weight excluding hydrogens is 202 g/mol. The zero-order valence-corrected chi connectivity index (χ0v) is 10.4. The highest BCUT2D eigenvalue weighted by Gasteiger charge is 2.19. The van der Waals surface area contributed by atoms with Gasteiger partial charge in [0.1, 0.15) is 0 Å². The molecule has 2 rings (SSSR count). The molecule has 2 heteroatoms. The molecule has 2 unspecified atom stereocenters. The van der Waals surface area contributed by atoms with E-state index in [-0.39, 0.29) is 0 Å². The topological polar surface area (TPSA) is 12.0 Å². The second kappa shape index (κ2) is 5.66. The normalized spacial score (nSPS) is 26.7. The Kier molecular flexibility index (Phi) is 4.21. The van der Waals surface area contributed by atoms with Crippen molar-refractivity contribution in [3.8, 4) is 0 Å². The summed E-state index contributed by atoms with van der Waals surface area (Å²) in [5.41, 5.74) is 0. The molecule has 1 aliphatic carbocycles. The average Bonchev–Trinajstić information content (AvgIpc) is 2.79. The van der Waals surface area contributed by atoms with Gasteiger partial charge in [0.05, 0.1) is 0 Å². The molecule has 1 aromatic heterocycles. The smallest absolute Gasteiger partial charge is 0.0302 e. The summed E-state index contributed by atoms with van der Waals surface area (Å²) in [7, 11) is 0. The molecule has 84 valence electrons. The maximum atomic E-state index is 3.70. The Morgan fingerprint density at radius 3 is 3.13 bits per heavy atom. The molecule has 1 nitrogen and oxygen atoms in total. The highest BCUT2D eigenvalue weighted by atomic mass is 32.1. The molecule has 1 aliphatic rings. The van der Waals surface area contributed by atoms with Gasteiger partial charge in [0.2, 0.25) is 0 Å². The van der Waals surface area contributed by atoms with Crippen LogP contribution in [0, 0.1) is 5.92 Å². The van der Waals surface area contributed by atoms with Crippen LogP contribution >= 0.6 is 11.3 Å². The van der Waals surface area contributed by atoms with Gasteiger partial charge in [-0.1, -0.05) is 32.3 Å². The van der Waals surface area contributed by atoms with Gasteiger partial charge in [-0.05, 0) is 30.2 Å². The lowest BCUT2D eigenvalue weighted by molar-refractivity contribution is 0.279. The Hall–Kier alpha value is -0.340. The molecule has 15 heavy (non-hydrogen) atoms. The van der Waals surface area contributed by atoms with Crippen molar-refractivity contribution in [2.24, 2.45) is 5.92 Å². The van der Waals surface area contributed by atoms with Crippen LogP contribution in [0.2, 0.25) is 0 Å². The molecule has 2 atom stereocenters. The molecule has 0 bridgehead atoms. The molecule has 1 saturated carbocycles. The summed E-state index contributed by atoms with van der Waals surface area (Å²) in [6.07, 6.45) is 7.00. The fourth-order valence-corrected chi connectivity index (χ4v) is 3.16. The maximum absolute atomic E-state index is 3.70. The van der Waals surface area contributed by atoms with E-state index in [0.29, 0.717) is 0 Å². The monoisotopic (exact) mass is 223 g/mol. The summed E-state index contributed by atoms with van der Waals surface area (Å²) in [5, 5.41) is 5.86. The third-order valence-corrected chi connectivity index (χ3v) is 4.38. The molecule has 1 N–H and O–H groups in total. The molecule has 0 amide bonds. The number of rotatable bonds is 4. The van der Waals surface area contributed by atoms with Gasteiger partial charge in [0, 0.05) is 17.5 Å². The van der Waals surface area contributed by atoms with Crippen LogP contribution in [-0.4, -0.2) is 6.04 Å². The Bertz CT molecular complexity index is 268. The Morgan fingerprint density at radius 2 is 2.40 bits per heavy atom. The average molecular weight is 223 g/mol. The molecule has 0 aliphatic heterocycles. The first-order valence-electron chi connectivity index (χ1n) is 6.14. The highest BCUT2D eigenvalue weighted by molar-refractivity contribution is 7.09. The Labute approximate surface area is 96.9 Å². The molecule has 1 aromatic rings. The number of nitrogens with one attached hydrogen (secondary N) is 1. The van der Waals surface area contributed by atoms with E-state index in [1.807, 2.05) is 11.3 Å². The van der Waals surface area contributed by atoms with E-state index in [1.165, 1.54) is 37.0 Å². The number of hydrogen-bond acceptors (Lipinski definition) is 2. The number of thiophene rings is 1. The van der Waals surface area contributed by atoms with Gasteiger partial charge in [-0.15, -0.1) is 11.3 Å². The minimum atomic E-state index is 0.769. The zero-order valence-electron chi connectivity index (χ0n) is 9.54. The van der Waals surface area contributed by atoms with Crippen LogP contribution in [0.15, 0.2) is 17.5 Å². The van der Waals surface area contributed by atoms with Crippen molar-refractivity contribution in [2.45, 2.75) is 51.6 Å². The van der Waals surface area contributed by atoms with Crippen LogP contribution < -0.4 is 5.32 Å². The summed E-state index contributed by atoms with van der Waals surface area (Å²) in [5.74, 6) is 0.972. The van der Waals surface area contributed by atoms with Crippen LogP contribution in [0.5, 0.6) is 0 Å². The van der Waals surface area contributed by atoms with Crippen LogP contribution in [0.1, 0.15) is 43.9 Å². The van der Waals surface area contributed by atoms with Gasteiger partial charge in [-0.2, -0.15) is 0 Å². The fraction of sp³-hybridized carbons (Fsp3) is 0.692. The second-order valence-corrected chi connectivity index (χ2v) is 5.63.